The first-order valence-corrected chi connectivity index (χ1v) is 10.9. The van der Waals surface area contributed by atoms with Crippen LogP contribution in [0.1, 0.15) is 58.8 Å². The minimum atomic E-state index is -1.00. The maximum Gasteiger partial charge on any atom is 0.272 e. The Kier molecular flexibility index (Phi) is 4.27. The van der Waals surface area contributed by atoms with Crippen molar-refractivity contribution < 1.29 is 28.6 Å². The second kappa shape index (κ2) is 6.32. The summed E-state index contributed by atoms with van der Waals surface area (Å²) in [6.45, 7) is 3.37. The molecule has 0 aromatic heterocycles. The topological polar surface area (TPSA) is 78.9 Å². The van der Waals surface area contributed by atoms with Gasteiger partial charge >= 0.3 is 0 Å². The lowest BCUT2D eigenvalue weighted by Crippen LogP contribution is -2.64. The maximum absolute atomic E-state index is 13.7. The molecule has 1 unspecified atom stereocenters. The van der Waals surface area contributed by atoms with Crippen LogP contribution in [0, 0.1) is 28.6 Å². The summed E-state index contributed by atoms with van der Waals surface area (Å²) in [5.74, 6) is 0.784. The summed E-state index contributed by atoms with van der Waals surface area (Å²) in [5.41, 5.74) is -0.597. The van der Waals surface area contributed by atoms with E-state index in [1.54, 1.807) is 0 Å². The molecule has 4 fully saturated rings. The lowest BCUT2D eigenvalue weighted by Gasteiger charge is -2.58. The van der Waals surface area contributed by atoms with E-state index in [-0.39, 0.29) is 47.1 Å². The Labute approximate surface area is 171 Å². The number of hydrogen-bond donors (Lipinski definition) is 0. The van der Waals surface area contributed by atoms with Crippen molar-refractivity contribution in [1.82, 2.24) is 0 Å². The number of rotatable bonds is 1. The van der Waals surface area contributed by atoms with Crippen molar-refractivity contribution in [2.45, 2.75) is 70.9 Å². The summed E-state index contributed by atoms with van der Waals surface area (Å²) >= 11 is 0. The first-order valence-electron chi connectivity index (χ1n) is 10.9. The molecule has 0 amide bonds. The number of fused-ring (bicyclic) bond motifs is 6. The maximum atomic E-state index is 13.7. The van der Waals surface area contributed by atoms with Crippen LogP contribution in [0.3, 0.4) is 0 Å². The highest BCUT2D eigenvalue weighted by molar-refractivity contribution is 5.95. The highest BCUT2D eigenvalue weighted by atomic mass is 16.9. The molecule has 1 spiro atoms. The Morgan fingerprint density at radius 1 is 1.10 bits per heavy atom. The van der Waals surface area contributed by atoms with Crippen molar-refractivity contribution in [3.8, 4) is 0 Å². The van der Waals surface area contributed by atoms with E-state index >= 15 is 0 Å². The van der Waals surface area contributed by atoms with E-state index in [1.807, 2.05) is 6.08 Å². The number of Topliss-reactive ketones (excluding diaryl/α,β-unsaturated/α-hetero) is 2. The normalized spacial score (nSPS) is 49.5. The summed E-state index contributed by atoms with van der Waals surface area (Å²) in [6, 6.07) is 0. The minimum Gasteiger partial charge on any atom is -0.333 e. The molecular weight excluding hydrogens is 372 g/mol. The number of carbonyl (C=O) groups excluding carboxylic acids is 3. The average molecular weight is 402 g/mol. The molecule has 0 radical (unpaired) electrons. The van der Waals surface area contributed by atoms with E-state index in [0.29, 0.717) is 19.3 Å². The molecule has 0 N–H and O–H groups in total. The lowest BCUT2D eigenvalue weighted by molar-refractivity contribution is -0.346. The first-order chi connectivity index (χ1) is 13.7. The van der Waals surface area contributed by atoms with Gasteiger partial charge in [-0.15, -0.1) is 0 Å². The minimum absolute atomic E-state index is 0.0319. The van der Waals surface area contributed by atoms with Crippen molar-refractivity contribution in [1.29, 1.82) is 0 Å². The third-order valence-corrected chi connectivity index (χ3v) is 9.07. The summed E-state index contributed by atoms with van der Waals surface area (Å²) in [4.78, 5) is 38.7. The van der Waals surface area contributed by atoms with Crippen LogP contribution in [-0.4, -0.2) is 43.1 Å². The number of ketones is 3. The first kappa shape index (κ1) is 19.6. The highest BCUT2D eigenvalue weighted by Gasteiger charge is 2.70. The van der Waals surface area contributed by atoms with E-state index in [1.165, 1.54) is 7.11 Å². The van der Waals surface area contributed by atoms with Crippen molar-refractivity contribution in [3.05, 3.63) is 11.6 Å². The summed E-state index contributed by atoms with van der Waals surface area (Å²) in [5, 5.41) is 0. The zero-order chi connectivity index (χ0) is 20.6. The largest absolute Gasteiger partial charge is 0.333 e. The Morgan fingerprint density at radius 3 is 2.66 bits per heavy atom. The molecule has 7 atom stereocenters. The zero-order valence-electron chi connectivity index (χ0n) is 17.5. The van der Waals surface area contributed by atoms with Crippen LogP contribution in [0.4, 0.5) is 0 Å². The summed E-state index contributed by atoms with van der Waals surface area (Å²) < 4.78 is 16.8. The monoisotopic (exact) mass is 402 g/mol. The van der Waals surface area contributed by atoms with Gasteiger partial charge in [-0.25, -0.2) is 0 Å². The molecular formula is C23H30O6. The molecule has 5 rings (SSSR count). The molecule has 1 aliphatic heterocycles. The van der Waals surface area contributed by atoms with Crippen LogP contribution in [0.5, 0.6) is 0 Å². The highest BCUT2D eigenvalue weighted by Crippen LogP contribution is 2.67. The molecule has 1 heterocycles. The van der Waals surface area contributed by atoms with Gasteiger partial charge in [-0.3, -0.25) is 14.4 Å². The van der Waals surface area contributed by atoms with Gasteiger partial charge < -0.3 is 14.2 Å². The van der Waals surface area contributed by atoms with Crippen molar-refractivity contribution in [2.75, 3.05) is 13.7 Å². The third kappa shape index (κ3) is 2.42. The number of hydrogen-bond acceptors (Lipinski definition) is 6. The van der Waals surface area contributed by atoms with Gasteiger partial charge in [0, 0.05) is 31.3 Å². The fourth-order valence-electron chi connectivity index (χ4n) is 7.66. The number of allylic oxidation sites excluding steroid dienone is 1. The smallest absolute Gasteiger partial charge is 0.272 e. The molecule has 0 aromatic carbocycles. The fourth-order valence-corrected chi connectivity index (χ4v) is 7.66. The van der Waals surface area contributed by atoms with Gasteiger partial charge in [-0.05, 0) is 55.4 Å². The molecule has 0 bridgehead atoms. The molecule has 1 saturated heterocycles. The van der Waals surface area contributed by atoms with Crippen LogP contribution in [-0.2, 0) is 28.6 Å². The Hall–Kier alpha value is -1.37. The van der Waals surface area contributed by atoms with Crippen LogP contribution < -0.4 is 0 Å². The SMILES string of the molecule is COC1OCC(=O)[C@]2(CC[C@H]3[C@@H]4CCC5=CC(=O)CC[C@]5(C)[C@H]4C(=O)C[C@@]32C)O1. The van der Waals surface area contributed by atoms with Gasteiger partial charge in [-0.1, -0.05) is 19.4 Å². The number of carbonyl (C=O) groups is 3. The van der Waals surface area contributed by atoms with Crippen molar-refractivity contribution >= 4 is 17.3 Å². The van der Waals surface area contributed by atoms with Gasteiger partial charge in [0.05, 0.1) is 0 Å². The molecule has 4 aliphatic carbocycles. The van der Waals surface area contributed by atoms with Crippen molar-refractivity contribution in [3.63, 3.8) is 0 Å². The molecule has 0 aromatic rings. The second-order valence-corrected chi connectivity index (χ2v) is 10.1. The predicted molar refractivity (Wildman–Crippen MR) is 103 cm³/mol. The number of ether oxygens (including phenoxy) is 3. The quantitative estimate of drug-likeness (QED) is 0.671. The fraction of sp³-hybridized carbons (Fsp3) is 0.783. The second-order valence-electron chi connectivity index (χ2n) is 10.1. The zero-order valence-corrected chi connectivity index (χ0v) is 17.5. The number of methoxy groups -OCH3 is 1. The van der Waals surface area contributed by atoms with E-state index in [0.717, 1.165) is 31.3 Å². The Bertz CT molecular complexity index is 816. The Morgan fingerprint density at radius 2 is 1.90 bits per heavy atom. The molecule has 3 saturated carbocycles. The van der Waals surface area contributed by atoms with Gasteiger partial charge in [0.1, 0.15) is 18.0 Å². The van der Waals surface area contributed by atoms with Crippen LogP contribution in [0.25, 0.3) is 0 Å². The van der Waals surface area contributed by atoms with Gasteiger partial charge in [-0.2, -0.15) is 0 Å². The average Bonchev–Trinajstić information content (AvgIpc) is 2.97. The van der Waals surface area contributed by atoms with Gasteiger partial charge in [0.2, 0.25) is 0 Å². The van der Waals surface area contributed by atoms with E-state index < -0.39 is 17.5 Å². The van der Waals surface area contributed by atoms with Crippen LogP contribution >= 0.6 is 0 Å². The van der Waals surface area contributed by atoms with Crippen molar-refractivity contribution in [2.24, 2.45) is 28.6 Å². The third-order valence-electron chi connectivity index (χ3n) is 9.07. The van der Waals surface area contributed by atoms with Crippen LogP contribution in [0.2, 0.25) is 0 Å². The molecule has 6 nitrogen and oxygen atoms in total. The predicted octanol–water partition coefficient (Wildman–Crippen LogP) is 2.98. The molecule has 158 valence electrons. The Balaban J connectivity index is 1.54. The van der Waals surface area contributed by atoms with E-state index in [4.69, 9.17) is 14.2 Å². The van der Waals surface area contributed by atoms with Crippen LogP contribution in [0.15, 0.2) is 11.6 Å². The summed E-state index contributed by atoms with van der Waals surface area (Å²) in [6.07, 6.45) is 6.70. The van der Waals surface area contributed by atoms with E-state index in [2.05, 4.69) is 13.8 Å². The van der Waals surface area contributed by atoms with Gasteiger partial charge in [0.15, 0.2) is 11.6 Å². The standard InChI is InChI=1S/C23H30O6/c1-21-8-6-14(24)10-13(21)4-5-15-16-7-9-23(18(26)12-28-20(27-3)29-23)22(16,2)11-17(25)19(15)21/h10,15-16,19-20H,4-9,11-12H2,1-3H3/t15-,16-,19+,20?,21-,22-,23-/m0/s1. The van der Waals surface area contributed by atoms with Gasteiger partial charge in [0.25, 0.3) is 6.48 Å². The molecule has 29 heavy (non-hydrogen) atoms. The molecule has 5 aliphatic rings. The summed E-state index contributed by atoms with van der Waals surface area (Å²) in [7, 11) is 1.51. The van der Waals surface area contributed by atoms with E-state index in [9.17, 15) is 14.4 Å². The lowest BCUT2D eigenvalue weighted by atomic mass is 9.46. The molecule has 6 heteroatoms.